The Morgan fingerprint density at radius 1 is 0.750 bits per heavy atom. The number of ether oxygens (including phenoxy) is 1. The summed E-state index contributed by atoms with van der Waals surface area (Å²) >= 11 is 3.65. The Morgan fingerprint density at radius 2 is 1.43 bits per heavy atom. The van der Waals surface area contributed by atoms with Gasteiger partial charge in [0.2, 0.25) is 5.88 Å². The first-order valence-electron chi connectivity index (χ1n) is 9.03. The number of hydrogen-bond acceptors (Lipinski definition) is 3. The molecule has 1 heterocycles. The van der Waals surface area contributed by atoms with E-state index in [1.807, 2.05) is 78.9 Å². The first-order valence-corrected chi connectivity index (χ1v) is 9.82. The Kier molecular flexibility index (Phi) is 5.69. The molecule has 1 N–H and O–H groups in total. The number of halogens is 1. The molecule has 4 heteroatoms. The molecule has 0 amide bonds. The van der Waals surface area contributed by atoms with Crippen LogP contribution in [0.5, 0.6) is 5.88 Å². The lowest BCUT2D eigenvalue weighted by Gasteiger charge is -2.14. The molecule has 0 atom stereocenters. The molecule has 0 unspecified atom stereocenters. The maximum Gasteiger partial charge on any atom is 0.221 e. The summed E-state index contributed by atoms with van der Waals surface area (Å²) < 4.78 is 7.08. The van der Waals surface area contributed by atoms with Crippen LogP contribution >= 0.6 is 15.9 Å². The molecule has 3 nitrogen and oxygen atoms in total. The molecule has 3 aromatic carbocycles. The van der Waals surface area contributed by atoms with Crippen molar-refractivity contribution in [1.29, 1.82) is 0 Å². The van der Waals surface area contributed by atoms with E-state index in [4.69, 9.17) is 4.74 Å². The van der Waals surface area contributed by atoms with Crippen molar-refractivity contribution >= 4 is 27.3 Å². The van der Waals surface area contributed by atoms with Gasteiger partial charge in [-0.3, -0.25) is 0 Å². The van der Waals surface area contributed by atoms with E-state index in [-0.39, 0.29) is 0 Å². The van der Waals surface area contributed by atoms with Crippen molar-refractivity contribution in [3.05, 3.63) is 107 Å². The number of nitrogens with one attached hydrogen (secondary N) is 1. The van der Waals surface area contributed by atoms with Crippen LogP contribution in [0.2, 0.25) is 0 Å². The van der Waals surface area contributed by atoms with Gasteiger partial charge in [0.05, 0.1) is 11.9 Å². The van der Waals surface area contributed by atoms with Gasteiger partial charge in [-0.05, 0) is 29.8 Å². The highest BCUT2D eigenvalue weighted by Crippen LogP contribution is 2.36. The Morgan fingerprint density at radius 3 is 2.18 bits per heavy atom. The summed E-state index contributed by atoms with van der Waals surface area (Å²) in [5.74, 6) is 0.606. The predicted molar refractivity (Wildman–Crippen MR) is 118 cm³/mol. The number of pyridine rings is 1. The van der Waals surface area contributed by atoms with Crippen LogP contribution in [0.3, 0.4) is 0 Å². The van der Waals surface area contributed by atoms with Crippen LogP contribution in [0.1, 0.15) is 5.56 Å². The van der Waals surface area contributed by atoms with Crippen LogP contribution in [0.4, 0.5) is 11.4 Å². The van der Waals surface area contributed by atoms with E-state index in [9.17, 15) is 0 Å². The fourth-order valence-corrected chi connectivity index (χ4v) is 3.42. The highest BCUT2D eigenvalue weighted by Gasteiger charge is 2.13. The van der Waals surface area contributed by atoms with Gasteiger partial charge in [-0.2, -0.15) is 0 Å². The first kappa shape index (κ1) is 18.3. The van der Waals surface area contributed by atoms with Crippen LogP contribution in [0.25, 0.3) is 11.1 Å². The van der Waals surface area contributed by atoms with Crippen molar-refractivity contribution in [2.75, 3.05) is 5.32 Å². The fourth-order valence-electron chi connectivity index (χ4n) is 2.92. The van der Waals surface area contributed by atoms with Crippen molar-refractivity contribution in [3.63, 3.8) is 0 Å². The monoisotopic (exact) mass is 430 g/mol. The number of rotatable bonds is 6. The van der Waals surface area contributed by atoms with E-state index in [0.29, 0.717) is 12.5 Å². The zero-order valence-electron chi connectivity index (χ0n) is 15.2. The highest BCUT2D eigenvalue weighted by atomic mass is 79.9. The lowest BCUT2D eigenvalue weighted by Crippen LogP contribution is -2.01. The number of benzene rings is 3. The zero-order valence-corrected chi connectivity index (χ0v) is 16.8. The predicted octanol–water partition coefficient (Wildman–Crippen LogP) is 6.83. The largest absolute Gasteiger partial charge is 0.472 e. The normalized spacial score (nSPS) is 10.5. The highest BCUT2D eigenvalue weighted by molar-refractivity contribution is 9.10. The third kappa shape index (κ3) is 4.41. The summed E-state index contributed by atoms with van der Waals surface area (Å²) in [5.41, 5.74) is 5.00. The van der Waals surface area contributed by atoms with E-state index >= 15 is 0 Å². The topological polar surface area (TPSA) is 34.2 Å². The Balaban J connectivity index is 1.67. The van der Waals surface area contributed by atoms with E-state index in [1.165, 1.54) is 0 Å². The molecule has 0 spiro atoms. The minimum atomic E-state index is 0.469. The molecular weight excluding hydrogens is 412 g/mol. The minimum absolute atomic E-state index is 0.469. The van der Waals surface area contributed by atoms with E-state index in [1.54, 1.807) is 6.20 Å². The summed E-state index contributed by atoms with van der Waals surface area (Å²) in [7, 11) is 0. The van der Waals surface area contributed by atoms with E-state index < -0.39 is 0 Å². The van der Waals surface area contributed by atoms with Gasteiger partial charge in [0, 0.05) is 21.3 Å². The van der Waals surface area contributed by atoms with Gasteiger partial charge in [0.25, 0.3) is 0 Å². The van der Waals surface area contributed by atoms with E-state index in [0.717, 1.165) is 32.5 Å². The molecule has 0 aliphatic heterocycles. The van der Waals surface area contributed by atoms with E-state index in [2.05, 4.69) is 38.4 Å². The molecule has 4 rings (SSSR count). The van der Waals surface area contributed by atoms with Crippen molar-refractivity contribution in [2.24, 2.45) is 0 Å². The summed E-state index contributed by atoms with van der Waals surface area (Å²) in [6.45, 7) is 0.469. The second kappa shape index (κ2) is 8.72. The third-order valence-electron chi connectivity index (χ3n) is 4.30. The third-order valence-corrected chi connectivity index (χ3v) is 4.99. The molecule has 0 aliphatic carbocycles. The van der Waals surface area contributed by atoms with Crippen molar-refractivity contribution < 1.29 is 4.74 Å². The summed E-state index contributed by atoms with van der Waals surface area (Å²) in [5, 5.41) is 3.40. The molecule has 0 saturated carbocycles. The second-order valence-electron chi connectivity index (χ2n) is 6.32. The van der Waals surface area contributed by atoms with Crippen LogP contribution in [0, 0.1) is 0 Å². The molecule has 0 radical (unpaired) electrons. The van der Waals surface area contributed by atoms with Gasteiger partial charge in [-0.1, -0.05) is 82.7 Å². The molecule has 0 bridgehead atoms. The van der Waals surface area contributed by atoms with Gasteiger partial charge < -0.3 is 10.1 Å². The number of nitrogens with zero attached hydrogens (tertiary/aromatic N) is 1. The first-order chi connectivity index (χ1) is 13.8. The number of aromatic nitrogens is 1. The maximum absolute atomic E-state index is 6.08. The summed E-state index contributed by atoms with van der Waals surface area (Å²) in [4.78, 5) is 4.60. The standard InChI is InChI=1S/C24H19BrN2O/c25-23-14-8-7-13-21(23)22-15-20(27-19-11-5-2-6-12-19)16-26-24(22)28-17-18-9-3-1-4-10-18/h1-16,27H,17H2. The molecule has 4 aromatic rings. The Bertz CT molecular complexity index is 1050. The molecule has 28 heavy (non-hydrogen) atoms. The molecule has 0 saturated heterocycles. The van der Waals surface area contributed by atoms with Gasteiger partial charge >= 0.3 is 0 Å². The van der Waals surface area contributed by atoms with Crippen LogP contribution in [-0.4, -0.2) is 4.98 Å². The SMILES string of the molecule is Brc1ccccc1-c1cc(Nc2ccccc2)cnc1OCc1ccccc1. The molecular formula is C24H19BrN2O. The van der Waals surface area contributed by atoms with Crippen molar-refractivity contribution in [1.82, 2.24) is 4.98 Å². The molecule has 0 fully saturated rings. The summed E-state index contributed by atoms with van der Waals surface area (Å²) in [6, 6.07) is 30.3. The quantitative estimate of drug-likeness (QED) is 0.363. The van der Waals surface area contributed by atoms with Gasteiger partial charge in [0.1, 0.15) is 6.61 Å². The molecule has 1 aromatic heterocycles. The Labute approximate surface area is 173 Å². The number of anilines is 2. The molecule has 138 valence electrons. The maximum atomic E-state index is 6.08. The van der Waals surface area contributed by atoms with Crippen LogP contribution in [-0.2, 0) is 6.61 Å². The van der Waals surface area contributed by atoms with Crippen LogP contribution < -0.4 is 10.1 Å². The lowest BCUT2D eigenvalue weighted by atomic mass is 10.1. The van der Waals surface area contributed by atoms with Gasteiger partial charge in [-0.25, -0.2) is 4.98 Å². The fraction of sp³-hybridized carbons (Fsp3) is 0.0417. The lowest BCUT2D eigenvalue weighted by molar-refractivity contribution is 0.295. The average Bonchev–Trinajstić information content (AvgIpc) is 2.75. The van der Waals surface area contributed by atoms with Crippen molar-refractivity contribution in [2.45, 2.75) is 6.61 Å². The van der Waals surface area contributed by atoms with Gasteiger partial charge in [0.15, 0.2) is 0 Å². The van der Waals surface area contributed by atoms with Gasteiger partial charge in [-0.15, -0.1) is 0 Å². The molecule has 0 aliphatic rings. The minimum Gasteiger partial charge on any atom is -0.472 e. The van der Waals surface area contributed by atoms with Crippen LogP contribution in [0.15, 0.2) is 102 Å². The number of hydrogen-bond donors (Lipinski definition) is 1. The smallest absolute Gasteiger partial charge is 0.221 e. The second-order valence-corrected chi connectivity index (χ2v) is 7.18. The Hall–Kier alpha value is -3.11. The summed E-state index contributed by atoms with van der Waals surface area (Å²) in [6.07, 6.45) is 1.80. The zero-order chi connectivity index (χ0) is 19.2. The average molecular weight is 431 g/mol. The number of para-hydroxylation sites is 1. The van der Waals surface area contributed by atoms with Crippen molar-refractivity contribution in [3.8, 4) is 17.0 Å².